The van der Waals surface area contributed by atoms with E-state index in [1.165, 1.54) is 11.3 Å². The van der Waals surface area contributed by atoms with E-state index in [-0.39, 0.29) is 0 Å². The van der Waals surface area contributed by atoms with Crippen LogP contribution in [0.25, 0.3) is 5.69 Å². The second-order valence-electron chi connectivity index (χ2n) is 3.49. The van der Waals surface area contributed by atoms with Crippen molar-refractivity contribution in [1.29, 1.82) is 0 Å². The van der Waals surface area contributed by atoms with E-state index in [1.807, 2.05) is 30.6 Å². The molecule has 0 amide bonds. The van der Waals surface area contributed by atoms with Crippen molar-refractivity contribution in [1.82, 2.24) is 0 Å². The van der Waals surface area contributed by atoms with Crippen LogP contribution in [0.1, 0.15) is 5.56 Å². The fourth-order valence-corrected chi connectivity index (χ4v) is 1.57. The summed E-state index contributed by atoms with van der Waals surface area (Å²) in [7, 11) is 0. The Morgan fingerprint density at radius 3 is 2.20 bits per heavy atom. The van der Waals surface area contributed by atoms with Gasteiger partial charge in [0.2, 0.25) is 5.69 Å². The molecule has 2 rings (SSSR count). The van der Waals surface area contributed by atoms with Gasteiger partial charge in [-0.25, -0.2) is 0 Å². The van der Waals surface area contributed by atoms with Gasteiger partial charge in [-0.05, 0) is 18.5 Å². The van der Waals surface area contributed by atoms with Crippen molar-refractivity contribution in [3.05, 3.63) is 60.4 Å². The zero-order chi connectivity index (χ0) is 10.5. The summed E-state index contributed by atoms with van der Waals surface area (Å²) in [4.78, 5) is 0. The Morgan fingerprint density at radius 1 is 0.933 bits per heavy atom. The molecule has 0 bridgehead atoms. The van der Waals surface area contributed by atoms with Gasteiger partial charge in [-0.3, -0.25) is 0 Å². The topological polar surface area (TPSA) is 29.9 Å². The third kappa shape index (κ3) is 2.42. The Labute approximate surface area is 90.0 Å². The molecule has 2 nitrogen and oxygen atoms in total. The third-order valence-electron chi connectivity index (χ3n) is 2.38. The molecule has 1 aromatic carbocycles. The molecule has 2 aromatic rings. The van der Waals surface area contributed by atoms with Gasteiger partial charge in [-0.15, -0.1) is 0 Å². The number of hydrogen-bond acceptors (Lipinski definition) is 1. The highest BCUT2D eigenvalue weighted by Gasteiger charge is 2.02. The molecular formula is C13H15N2+. The lowest BCUT2D eigenvalue weighted by atomic mass is 10.1. The maximum Gasteiger partial charge on any atom is 0.210 e. The first-order chi connectivity index (χ1) is 7.40. The van der Waals surface area contributed by atoms with Crippen LogP contribution >= 0.6 is 0 Å². The van der Waals surface area contributed by atoms with Crippen LogP contribution in [0.15, 0.2) is 54.9 Å². The first-order valence-corrected chi connectivity index (χ1v) is 5.16. The molecule has 0 atom stereocenters. The van der Waals surface area contributed by atoms with Crippen molar-refractivity contribution in [2.75, 3.05) is 6.54 Å². The maximum atomic E-state index is 5.50. The van der Waals surface area contributed by atoms with Crippen LogP contribution in [0.5, 0.6) is 0 Å². The SMILES string of the molecule is NCCc1ccc(-[n+]2ccccc2)cc1. The molecule has 0 aliphatic carbocycles. The van der Waals surface area contributed by atoms with Crippen molar-refractivity contribution < 1.29 is 4.57 Å². The zero-order valence-corrected chi connectivity index (χ0v) is 8.63. The summed E-state index contributed by atoms with van der Waals surface area (Å²) in [5.41, 5.74) is 7.97. The minimum absolute atomic E-state index is 0.706. The van der Waals surface area contributed by atoms with Crippen LogP contribution in [0.2, 0.25) is 0 Å². The molecule has 15 heavy (non-hydrogen) atoms. The van der Waals surface area contributed by atoms with Crippen LogP contribution in [-0.2, 0) is 6.42 Å². The fourth-order valence-electron chi connectivity index (χ4n) is 1.57. The van der Waals surface area contributed by atoms with Crippen molar-refractivity contribution in [2.45, 2.75) is 6.42 Å². The number of hydrogen-bond donors (Lipinski definition) is 1. The predicted octanol–water partition coefficient (Wildman–Crippen LogP) is 1.46. The van der Waals surface area contributed by atoms with Crippen molar-refractivity contribution in [3.8, 4) is 5.69 Å². The van der Waals surface area contributed by atoms with E-state index in [2.05, 4.69) is 28.8 Å². The maximum absolute atomic E-state index is 5.50. The zero-order valence-electron chi connectivity index (χ0n) is 8.63. The molecule has 0 radical (unpaired) electrons. The summed E-state index contributed by atoms with van der Waals surface area (Å²) in [6.45, 7) is 0.706. The van der Waals surface area contributed by atoms with E-state index in [9.17, 15) is 0 Å². The summed E-state index contributed by atoms with van der Waals surface area (Å²) in [5.74, 6) is 0. The molecule has 0 aliphatic rings. The standard InChI is InChI=1S/C13H15N2/c14-9-8-12-4-6-13(7-5-12)15-10-2-1-3-11-15/h1-7,10-11H,8-9,14H2/q+1. The highest BCUT2D eigenvalue weighted by atomic mass is 14.9. The number of rotatable bonds is 3. The first kappa shape index (κ1) is 9.87. The molecule has 2 heteroatoms. The summed E-state index contributed by atoms with van der Waals surface area (Å²) in [6, 6.07) is 14.5. The lowest BCUT2D eigenvalue weighted by Gasteiger charge is -1.98. The largest absolute Gasteiger partial charge is 0.330 e. The molecule has 0 fully saturated rings. The van der Waals surface area contributed by atoms with Crippen LogP contribution in [-0.4, -0.2) is 6.54 Å². The Kier molecular flexibility index (Phi) is 3.10. The summed E-state index contributed by atoms with van der Waals surface area (Å²) >= 11 is 0. The van der Waals surface area contributed by atoms with Gasteiger partial charge in [0.05, 0.1) is 0 Å². The van der Waals surface area contributed by atoms with Gasteiger partial charge in [0.1, 0.15) is 0 Å². The third-order valence-corrected chi connectivity index (χ3v) is 2.38. The molecule has 0 unspecified atom stereocenters. The quantitative estimate of drug-likeness (QED) is 0.745. The number of benzene rings is 1. The molecule has 0 spiro atoms. The van der Waals surface area contributed by atoms with Crippen LogP contribution in [0, 0.1) is 0 Å². The summed E-state index contributed by atoms with van der Waals surface area (Å²) < 4.78 is 2.09. The molecule has 0 saturated carbocycles. The Balaban J connectivity index is 2.24. The van der Waals surface area contributed by atoms with Crippen LogP contribution in [0.4, 0.5) is 0 Å². The Morgan fingerprint density at radius 2 is 1.60 bits per heavy atom. The monoisotopic (exact) mass is 199 g/mol. The highest BCUT2D eigenvalue weighted by Crippen LogP contribution is 2.04. The second kappa shape index (κ2) is 4.71. The molecular weight excluding hydrogens is 184 g/mol. The number of nitrogens with two attached hydrogens (primary N) is 1. The van der Waals surface area contributed by atoms with Gasteiger partial charge in [0, 0.05) is 24.3 Å². The first-order valence-electron chi connectivity index (χ1n) is 5.16. The predicted molar refractivity (Wildman–Crippen MR) is 60.7 cm³/mol. The minimum Gasteiger partial charge on any atom is -0.330 e. The summed E-state index contributed by atoms with van der Waals surface area (Å²) in [6.07, 6.45) is 5.02. The fraction of sp³-hybridized carbons (Fsp3) is 0.154. The molecule has 0 aliphatic heterocycles. The van der Waals surface area contributed by atoms with E-state index in [0.717, 1.165) is 6.42 Å². The van der Waals surface area contributed by atoms with Crippen LogP contribution in [0.3, 0.4) is 0 Å². The average Bonchev–Trinajstić information content (AvgIpc) is 2.32. The van der Waals surface area contributed by atoms with Gasteiger partial charge in [-0.2, -0.15) is 4.57 Å². The van der Waals surface area contributed by atoms with Crippen molar-refractivity contribution in [2.24, 2.45) is 5.73 Å². The number of aromatic nitrogens is 1. The smallest absolute Gasteiger partial charge is 0.210 e. The molecule has 76 valence electrons. The lowest BCUT2D eigenvalue weighted by molar-refractivity contribution is -0.595. The van der Waals surface area contributed by atoms with Gasteiger partial charge >= 0.3 is 0 Å². The molecule has 0 saturated heterocycles. The molecule has 1 aromatic heterocycles. The van der Waals surface area contributed by atoms with Crippen molar-refractivity contribution in [3.63, 3.8) is 0 Å². The van der Waals surface area contributed by atoms with E-state index in [0.29, 0.717) is 6.54 Å². The Bertz CT molecular complexity index is 406. The normalized spacial score (nSPS) is 10.2. The van der Waals surface area contributed by atoms with E-state index >= 15 is 0 Å². The molecule has 2 N–H and O–H groups in total. The second-order valence-corrected chi connectivity index (χ2v) is 3.49. The highest BCUT2D eigenvalue weighted by molar-refractivity contribution is 5.27. The van der Waals surface area contributed by atoms with Crippen LogP contribution < -0.4 is 10.3 Å². The summed E-state index contributed by atoms with van der Waals surface area (Å²) in [5, 5.41) is 0. The van der Waals surface area contributed by atoms with Gasteiger partial charge < -0.3 is 5.73 Å². The van der Waals surface area contributed by atoms with Gasteiger partial charge in [-0.1, -0.05) is 18.2 Å². The molecule has 1 heterocycles. The number of pyridine rings is 1. The van der Waals surface area contributed by atoms with Gasteiger partial charge in [0.15, 0.2) is 12.4 Å². The van der Waals surface area contributed by atoms with E-state index in [4.69, 9.17) is 5.73 Å². The number of nitrogens with zero attached hydrogens (tertiary/aromatic N) is 1. The van der Waals surface area contributed by atoms with E-state index < -0.39 is 0 Å². The van der Waals surface area contributed by atoms with Crippen molar-refractivity contribution >= 4 is 0 Å². The minimum atomic E-state index is 0.706. The van der Waals surface area contributed by atoms with E-state index in [1.54, 1.807) is 0 Å². The lowest BCUT2D eigenvalue weighted by Crippen LogP contribution is -2.28. The average molecular weight is 199 g/mol. The Hall–Kier alpha value is -1.67. The van der Waals surface area contributed by atoms with Gasteiger partial charge in [0.25, 0.3) is 0 Å².